The summed E-state index contributed by atoms with van der Waals surface area (Å²) in [5, 5.41) is 14.7. The molecule has 0 bridgehead atoms. The fourth-order valence-electron chi connectivity index (χ4n) is 1.62. The molecule has 0 saturated heterocycles. The molecule has 1 N–H and O–H groups in total. The van der Waals surface area contributed by atoms with Gasteiger partial charge in [0.1, 0.15) is 0 Å². The number of aliphatic hydroxyl groups is 1. The second kappa shape index (κ2) is 3.71. The first-order valence-corrected chi connectivity index (χ1v) is 5.32. The molecule has 1 heterocycles. The van der Waals surface area contributed by atoms with Gasteiger partial charge in [0.25, 0.3) is 0 Å². The zero-order valence-corrected chi connectivity index (χ0v) is 9.45. The number of aliphatic hydroxyl groups excluding tert-OH is 1. The normalized spacial score (nSPS) is 11.1. The minimum atomic E-state index is 0.0208. The zero-order valence-electron chi connectivity index (χ0n) is 7.87. The summed E-state index contributed by atoms with van der Waals surface area (Å²) < 4.78 is 2.81. The van der Waals surface area contributed by atoms with E-state index in [4.69, 9.17) is 0 Å². The molecule has 0 amide bonds. The standard InChI is InChI=1S/C10H11BrN2O/c1-2-13-9(6-14)10-7(11)4-3-5-8(10)12-13/h3-5,14H,2,6H2,1H3. The Morgan fingerprint density at radius 1 is 1.50 bits per heavy atom. The van der Waals surface area contributed by atoms with Gasteiger partial charge in [-0.3, -0.25) is 4.68 Å². The van der Waals surface area contributed by atoms with Gasteiger partial charge in [-0.15, -0.1) is 0 Å². The lowest BCUT2D eigenvalue weighted by Gasteiger charge is -2.00. The second-order valence-electron chi connectivity index (χ2n) is 3.05. The van der Waals surface area contributed by atoms with Crippen LogP contribution in [0.2, 0.25) is 0 Å². The fourth-order valence-corrected chi connectivity index (χ4v) is 2.21. The van der Waals surface area contributed by atoms with E-state index in [0.717, 1.165) is 27.6 Å². The van der Waals surface area contributed by atoms with Crippen molar-refractivity contribution in [2.45, 2.75) is 20.1 Å². The van der Waals surface area contributed by atoms with Gasteiger partial charge in [-0.1, -0.05) is 22.0 Å². The van der Waals surface area contributed by atoms with Crippen molar-refractivity contribution in [1.82, 2.24) is 9.78 Å². The number of aryl methyl sites for hydroxylation is 1. The third kappa shape index (κ3) is 1.35. The van der Waals surface area contributed by atoms with E-state index >= 15 is 0 Å². The summed E-state index contributed by atoms with van der Waals surface area (Å²) in [5.41, 5.74) is 1.79. The highest BCUT2D eigenvalue weighted by Gasteiger charge is 2.11. The van der Waals surface area contributed by atoms with Crippen molar-refractivity contribution in [3.8, 4) is 0 Å². The maximum atomic E-state index is 9.28. The van der Waals surface area contributed by atoms with E-state index in [9.17, 15) is 5.11 Å². The first-order chi connectivity index (χ1) is 6.77. The van der Waals surface area contributed by atoms with Crippen LogP contribution < -0.4 is 0 Å². The molecular weight excluding hydrogens is 244 g/mol. The third-order valence-corrected chi connectivity index (χ3v) is 2.93. The third-order valence-electron chi connectivity index (χ3n) is 2.27. The number of halogens is 1. The maximum Gasteiger partial charge on any atom is 0.0938 e. The van der Waals surface area contributed by atoms with Crippen molar-refractivity contribution in [2.24, 2.45) is 0 Å². The highest BCUT2D eigenvalue weighted by atomic mass is 79.9. The van der Waals surface area contributed by atoms with Crippen LogP contribution >= 0.6 is 15.9 Å². The van der Waals surface area contributed by atoms with Crippen LogP contribution in [0.3, 0.4) is 0 Å². The van der Waals surface area contributed by atoms with E-state index in [2.05, 4.69) is 21.0 Å². The smallest absolute Gasteiger partial charge is 0.0938 e. The Labute approximate surface area is 90.5 Å². The van der Waals surface area contributed by atoms with Crippen LogP contribution in [-0.4, -0.2) is 14.9 Å². The molecule has 0 spiro atoms. The van der Waals surface area contributed by atoms with Gasteiger partial charge >= 0.3 is 0 Å². The molecule has 0 aliphatic heterocycles. The largest absolute Gasteiger partial charge is 0.390 e. The number of nitrogens with zero attached hydrogens (tertiary/aromatic N) is 2. The zero-order chi connectivity index (χ0) is 10.1. The van der Waals surface area contributed by atoms with Crippen LogP contribution in [0.25, 0.3) is 10.9 Å². The molecule has 1 aromatic carbocycles. The van der Waals surface area contributed by atoms with Gasteiger partial charge in [0, 0.05) is 16.4 Å². The summed E-state index contributed by atoms with van der Waals surface area (Å²) in [6, 6.07) is 5.86. The summed E-state index contributed by atoms with van der Waals surface area (Å²) in [4.78, 5) is 0. The molecule has 14 heavy (non-hydrogen) atoms. The maximum absolute atomic E-state index is 9.28. The molecule has 3 nitrogen and oxygen atoms in total. The van der Waals surface area contributed by atoms with E-state index in [1.165, 1.54) is 0 Å². The lowest BCUT2D eigenvalue weighted by atomic mass is 10.2. The number of aromatic nitrogens is 2. The van der Waals surface area contributed by atoms with Gasteiger partial charge in [-0.25, -0.2) is 0 Å². The number of hydrogen-bond donors (Lipinski definition) is 1. The van der Waals surface area contributed by atoms with Gasteiger partial charge in [0.2, 0.25) is 0 Å². The number of benzene rings is 1. The molecule has 0 aliphatic carbocycles. The van der Waals surface area contributed by atoms with Crippen molar-refractivity contribution in [3.05, 3.63) is 28.4 Å². The van der Waals surface area contributed by atoms with Gasteiger partial charge in [-0.05, 0) is 19.1 Å². The summed E-state index contributed by atoms with van der Waals surface area (Å²) in [6.45, 7) is 2.81. The molecule has 0 aliphatic rings. The minimum Gasteiger partial charge on any atom is -0.390 e. The first kappa shape index (κ1) is 9.68. The van der Waals surface area contributed by atoms with Crippen molar-refractivity contribution in [3.63, 3.8) is 0 Å². The molecule has 0 atom stereocenters. The Kier molecular flexibility index (Phi) is 2.56. The molecule has 0 unspecified atom stereocenters. The van der Waals surface area contributed by atoms with Crippen LogP contribution in [0.15, 0.2) is 22.7 Å². The molecule has 0 radical (unpaired) electrons. The Bertz CT molecular complexity index is 464. The Morgan fingerprint density at radius 3 is 2.93 bits per heavy atom. The van der Waals surface area contributed by atoms with Crippen LogP contribution in [0.1, 0.15) is 12.6 Å². The minimum absolute atomic E-state index is 0.0208. The van der Waals surface area contributed by atoms with Crippen LogP contribution in [0, 0.1) is 0 Å². The van der Waals surface area contributed by atoms with E-state index in [-0.39, 0.29) is 6.61 Å². The molecular formula is C10H11BrN2O. The fraction of sp³-hybridized carbons (Fsp3) is 0.300. The lowest BCUT2D eigenvalue weighted by Crippen LogP contribution is -2.02. The van der Waals surface area contributed by atoms with Crippen LogP contribution in [0.5, 0.6) is 0 Å². The summed E-state index contributed by atoms with van der Waals surface area (Å²) in [7, 11) is 0. The summed E-state index contributed by atoms with van der Waals surface area (Å²) in [5.74, 6) is 0. The molecule has 74 valence electrons. The Hall–Kier alpha value is -0.870. The number of hydrogen-bond acceptors (Lipinski definition) is 2. The molecule has 1 aromatic heterocycles. The highest BCUT2D eigenvalue weighted by Crippen LogP contribution is 2.26. The molecule has 2 rings (SSSR count). The Balaban J connectivity index is 2.81. The van der Waals surface area contributed by atoms with E-state index in [1.54, 1.807) is 0 Å². The average Bonchev–Trinajstić information content (AvgIpc) is 2.56. The Morgan fingerprint density at radius 2 is 2.29 bits per heavy atom. The van der Waals surface area contributed by atoms with Crippen LogP contribution in [0.4, 0.5) is 0 Å². The second-order valence-corrected chi connectivity index (χ2v) is 3.91. The van der Waals surface area contributed by atoms with E-state index in [0.29, 0.717) is 0 Å². The quantitative estimate of drug-likeness (QED) is 0.894. The molecule has 0 fully saturated rings. The SMILES string of the molecule is CCn1nc2cccc(Br)c2c1CO. The van der Waals surface area contributed by atoms with Crippen molar-refractivity contribution in [2.75, 3.05) is 0 Å². The first-order valence-electron chi connectivity index (χ1n) is 4.52. The van der Waals surface area contributed by atoms with Crippen molar-refractivity contribution in [1.29, 1.82) is 0 Å². The van der Waals surface area contributed by atoms with E-state index < -0.39 is 0 Å². The lowest BCUT2D eigenvalue weighted by molar-refractivity contribution is 0.270. The predicted molar refractivity (Wildman–Crippen MR) is 59.0 cm³/mol. The van der Waals surface area contributed by atoms with Gasteiger partial charge in [0.15, 0.2) is 0 Å². The van der Waals surface area contributed by atoms with Crippen LogP contribution in [-0.2, 0) is 13.2 Å². The molecule has 0 saturated carbocycles. The topological polar surface area (TPSA) is 38.0 Å². The van der Waals surface area contributed by atoms with Crippen molar-refractivity contribution < 1.29 is 5.11 Å². The van der Waals surface area contributed by atoms with Gasteiger partial charge in [0.05, 0.1) is 17.8 Å². The number of fused-ring (bicyclic) bond motifs is 1. The molecule has 4 heteroatoms. The van der Waals surface area contributed by atoms with Gasteiger partial charge < -0.3 is 5.11 Å². The van der Waals surface area contributed by atoms with Crippen molar-refractivity contribution >= 4 is 26.8 Å². The average molecular weight is 255 g/mol. The summed E-state index contributed by atoms with van der Waals surface area (Å²) >= 11 is 3.47. The highest BCUT2D eigenvalue weighted by molar-refractivity contribution is 9.10. The predicted octanol–water partition coefficient (Wildman–Crippen LogP) is 2.31. The van der Waals surface area contributed by atoms with E-state index in [1.807, 2.05) is 29.8 Å². The monoisotopic (exact) mass is 254 g/mol. The number of rotatable bonds is 2. The summed E-state index contributed by atoms with van der Waals surface area (Å²) in [6.07, 6.45) is 0. The van der Waals surface area contributed by atoms with Gasteiger partial charge in [-0.2, -0.15) is 5.10 Å². The molecule has 2 aromatic rings.